The minimum Gasteiger partial charge on any atom is -0.490 e. The number of carbonyl (C=O) groups is 1. The summed E-state index contributed by atoms with van der Waals surface area (Å²) >= 11 is 0. The highest BCUT2D eigenvalue weighted by Gasteiger charge is 2.11. The molecule has 0 saturated heterocycles. The molecule has 0 aromatic heterocycles. The van der Waals surface area contributed by atoms with Gasteiger partial charge in [-0.1, -0.05) is 37.3 Å². The predicted octanol–water partition coefficient (Wildman–Crippen LogP) is 4.49. The Bertz CT molecular complexity index is 644. The molecule has 0 unspecified atom stereocenters. The van der Waals surface area contributed by atoms with Crippen molar-refractivity contribution >= 4 is 5.97 Å². The van der Waals surface area contributed by atoms with Gasteiger partial charge in [-0.3, -0.25) is 4.79 Å². The van der Waals surface area contributed by atoms with Crippen molar-refractivity contribution in [3.63, 3.8) is 0 Å². The fourth-order valence-electron chi connectivity index (χ4n) is 2.33. The molecular weight excluding hydrogens is 288 g/mol. The van der Waals surface area contributed by atoms with Crippen molar-refractivity contribution < 1.29 is 14.3 Å². The second-order valence-corrected chi connectivity index (χ2v) is 5.53. The zero-order valence-electron chi connectivity index (χ0n) is 14.1. The van der Waals surface area contributed by atoms with Crippen LogP contribution < -0.4 is 9.47 Å². The van der Waals surface area contributed by atoms with Crippen LogP contribution in [0.15, 0.2) is 42.5 Å². The van der Waals surface area contributed by atoms with Crippen LogP contribution in [0.2, 0.25) is 0 Å². The van der Waals surface area contributed by atoms with Gasteiger partial charge in [0.1, 0.15) is 0 Å². The lowest BCUT2D eigenvalue weighted by atomic mass is 10.1. The number of rotatable bonds is 7. The van der Waals surface area contributed by atoms with E-state index in [0.717, 1.165) is 17.5 Å². The van der Waals surface area contributed by atoms with Gasteiger partial charge in [0.05, 0.1) is 6.61 Å². The number of aryl methyl sites for hydroxylation is 3. The summed E-state index contributed by atoms with van der Waals surface area (Å²) in [6.45, 7) is 6.56. The monoisotopic (exact) mass is 312 g/mol. The second-order valence-electron chi connectivity index (χ2n) is 5.53. The lowest BCUT2D eigenvalue weighted by molar-refractivity contribution is -0.134. The molecule has 2 aromatic carbocycles. The Morgan fingerprint density at radius 2 is 1.65 bits per heavy atom. The van der Waals surface area contributed by atoms with Gasteiger partial charge in [-0.15, -0.1) is 0 Å². The molecule has 0 aliphatic carbocycles. The number of ether oxygens (including phenoxy) is 2. The summed E-state index contributed by atoms with van der Waals surface area (Å²) in [6, 6.07) is 13.9. The number of carbonyl (C=O) groups excluding carboxylic acids is 1. The molecule has 0 fully saturated rings. The molecule has 122 valence electrons. The maximum absolute atomic E-state index is 12.1. The predicted molar refractivity (Wildman–Crippen MR) is 92.1 cm³/mol. The van der Waals surface area contributed by atoms with E-state index in [1.807, 2.05) is 26.0 Å². The number of benzene rings is 2. The quantitative estimate of drug-likeness (QED) is 0.558. The summed E-state index contributed by atoms with van der Waals surface area (Å²) in [4.78, 5) is 12.1. The van der Waals surface area contributed by atoms with Crippen LogP contribution in [0.5, 0.6) is 11.5 Å². The summed E-state index contributed by atoms with van der Waals surface area (Å²) in [5.41, 5.74) is 3.52. The summed E-state index contributed by atoms with van der Waals surface area (Å²) < 4.78 is 11.0. The maximum Gasteiger partial charge on any atom is 0.311 e. The first kappa shape index (κ1) is 17.1. The van der Waals surface area contributed by atoms with Crippen molar-refractivity contribution in [1.29, 1.82) is 0 Å². The average molecular weight is 312 g/mol. The molecule has 23 heavy (non-hydrogen) atoms. The Hall–Kier alpha value is -2.29. The fraction of sp³-hybridized carbons (Fsp3) is 0.350. The van der Waals surface area contributed by atoms with E-state index in [0.29, 0.717) is 30.9 Å². The van der Waals surface area contributed by atoms with Crippen LogP contribution in [-0.4, -0.2) is 12.6 Å². The van der Waals surface area contributed by atoms with Crippen LogP contribution in [-0.2, 0) is 17.6 Å². The van der Waals surface area contributed by atoms with Crippen LogP contribution in [0.25, 0.3) is 0 Å². The first-order chi connectivity index (χ1) is 11.1. The van der Waals surface area contributed by atoms with Crippen molar-refractivity contribution in [2.45, 2.75) is 40.0 Å². The molecule has 0 radical (unpaired) electrons. The Balaban J connectivity index is 1.93. The highest BCUT2D eigenvalue weighted by molar-refractivity contribution is 5.73. The SMILES string of the molecule is CCOc1cc(C)ccc1OC(=O)CCc1ccc(CC)cc1. The summed E-state index contributed by atoms with van der Waals surface area (Å²) in [7, 11) is 0. The van der Waals surface area contributed by atoms with Gasteiger partial charge in [0, 0.05) is 6.42 Å². The molecule has 0 atom stereocenters. The minimum atomic E-state index is -0.241. The van der Waals surface area contributed by atoms with Crippen LogP contribution in [0.4, 0.5) is 0 Å². The number of hydrogen-bond donors (Lipinski definition) is 0. The van der Waals surface area contributed by atoms with Gasteiger partial charge >= 0.3 is 5.97 Å². The van der Waals surface area contributed by atoms with Crippen LogP contribution in [0, 0.1) is 6.92 Å². The highest BCUT2D eigenvalue weighted by atomic mass is 16.6. The zero-order valence-corrected chi connectivity index (χ0v) is 14.1. The van der Waals surface area contributed by atoms with E-state index >= 15 is 0 Å². The van der Waals surface area contributed by atoms with Crippen LogP contribution in [0.3, 0.4) is 0 Å². The topological polar surface area (TPSA) is 35.5 Å². The van der Waals surface area contributed by atoms with Crippen LogP contribution >= 0.6 is 0 Å². The Labute approximate surface area is 138 Å². The normalized spacial score (nSPS) is 10.4. The zero-order chi connectivity index (χ0) is 16.7. The Kier molecular flexibility index (Phi) is 6.21. The van der Waals surface area contributed by atoms with Crippen LogP contribution in [0.1, 0.15) is 37.0 Å². The van der Waals surface area contributed by atoms with E-state index in [4.69, 9.17) is 9.47 Å². The van der Waals surface area contributed by atoms with Crippen molar-refractivity contribution in [2.24, 2.45) is 0 Å². The van der Waals surface area contributed by atoms with Gasteiger partial charge in [0.15, 0.2) is 11.5 Å². The van der Waals surface area contributed by atoms with Crippen molar-refractivity contribution in [1.82, 2.24) is 0 Å². The first-order valence-electron chi connectivity index (χ1n) is 8.14. The van der Waals surface area contributed by atoms with E-state index in [1.54, 1.807) is 6.07 Å². The molecule has 3 heteroatoms. The standard InChI is InChI=1S/C20H24O3/c1-4-16-7-9-17(10-8-16)11-13-20(21)23-18-12-6-15(3)14-19(18)22-5-2/h6-10,12,14H,4-5,11,13H2,1-3H3. The minimum absolute atomic E-state index is 0.241. The molecule has 0 N–H and O–H groups in total. The largest absolute Gasteiger partial charge is 0.490 e. The molecule has 0 spiro atoms. The van der Waals surface area contributed by atoms with Gasteiger partial charge < -0.3 is 9.47 Å². The van der Waals surface area contributed by atoms with E-state index in [-0.39, 0.29) is 5.97 Å². The third-order valence-electron chi connectivity index (χ3n) is 3.67. The summed E-state index contributed by atoms with van der Waals surface area (Å²) in [6.07, 6.45) is 2.06. The second kappa shape index (κ2) is 8.37. The fourth-order valence-corrected chi connectivity index (χ4v) is 2.33. The van der Waals surface area contributed by atoms with Gasteiger partial charge in [-0.05, 0) is 55.5 Å². The third kappa shape index (κ3) is 5.13. The van der Waals surface area contributed by atoms with E-state index in [2.05, 4.69) is 31.2 Å². The molecule has 0 heterocycles. The molecule has 0 saturated carbocycles. The summed E-state index contributed by atoms with van der Waals surface area (Å²) in [5.74, 6) is 0.867. The highest BCUT2D eigenvalue weighted by Crippen LogP contribution is 2.28. The summed E-state index contributed by atoms with van der Waals surface area (Å²) in [5, 5.41) is 0. The van der Waals surface area contributed by atoms with E-state index in [9.17, 15) is 4.79 Å². The Morgan fingerprint density at radius 3 is 2.30 bits per heavy atom. The molecule has 0 aliphatic rings. The van der Waals surface area contributed by atoms with Crippen molar-refractivity contribution in [3.8, 4) is 11.5 Å². The third-order valence-corrected chi connectivity index (χ3v) is 3.67. The number of esters is 1. The maximum atomic E-state index is 12.1. The van der Waals surface area contributed by atoms with Crippen molar-refractivity contribution in [2.75, 3.05) is 6.61 Å². The van der Waals surface area contributed by atoms with Gasteiger partial charge in [0.25, 0.3) is 0 Å². The van der Waals surface area contributed by atoms with E-state index in [1.165, 1.54) is 5.56 Å². The lowest BCUT2D eigenvalue weighted by Crippen LogP contribution is -2.10. The van der Waals surface area contributed by atoms with Gasteiger partial charge in [0.2, 0.25) is 0 Å². The average Bonchev–Trinajstić information content (AvgIpc) is 2.56. The smallest absolute Gasteiger partial charge is 0.311 e. The lowest BCUT2D eigenvalue weighted by Gasteiger charge is -2.11. The molecule has 0 aliphatic heterocycles. The number of hydrogen-bond acceptors (Lipinski definition) is 3. The van der Waals surface area contributed by atoms with E-state index < -0.39 is 0 Å². The molecule has 3 nitrogen and oxygen atoms in total. The molecule has 0 amide bonds. The first-order valence-corrected chi connectivity index (χ1v) is 8.14. The van der Waals surface area contributed by atoms with Crippen molar-refractivity contribution in [3.05, 3.63) is 59.2 Å². The molecule has 2 aromatic rings. The van der Waals surface area contributed by atoms with Gasteiger partial charge in [-0.2, -0.15) is 0 Å². The molecule has 0 bridgehead atoms. The Morgan fingerprint density at radius 1 is 0.957 bits per heavy atom. The molecule has 2 rings (SSSR count). The van der Waals surface area contributed by atoms with Gasteiger partial charge in [-0.25, -0.2) is 0 Å². The molecular formula is C20H24O3.